The Kier molecular flexibility index (Phi) is 6.48. The van der Waals surface area contributed by atoms with Gasteiger partial charge in [-0.1, -0.05) is 0 Å². The Morgan fingerprint density at radius 1 is 1.42 bits per heavy atom. The zero-order valence-electron chi connectivity index (χ0n) is 11.7. The summed E-state index contributed by atoms with van der Waals surface area (Å²) in [6.45, 7) is 1.92. The van der Waals surface area contributed by atoms with Crippen LogP contribution >= 0.6 is 0 Å². The molecule has 0 spiro atoms. The maximum Gasteiger partial charge on any atom is 0.244 e. The van der Waals surface area contributed by atoms with Gasteiger partial charge in [0.25, 0.3) is 0 Å². The van der Waals surface area contributed by atoms with E-state index in [0.717, 1.165) is 0 Å². The zero-order chi connectivity index (χ0) is 14.3. The third kappa shape index (κ3) is 4.62. The van der Waals surface area contributed by atoms with Gasteiger partial charge in [-0.2, -0.15) is 5.10 Å². The minimum atomic E-state index is -0.706. The highest BCUT2D eigenvalue weighted by Gasteiger charge is 2.23. The van der Waals surface area contributed by atoms with Crippen LogP contribution in [0.3, 0.4) is 0 Å². The van der Waals surface area contributed by atoms with Crippen LogP contribution in [0, 0.1) is 0 Å². The number of aromatic nitrogens is 2. The Bertz CT molecular complexity index is 386. The van der Waals surface area contributed by atoms with E-state index in [9.17, 15) is 4.79 Å². The van der Waals surface area contributed by atoms with Crippen molar-refractivity contribution in [3.05, 3.63) is 18.0 Å². The van der Waals surface area contributed by atoms with Crippen LogP contribution in [-0.2, 0) is 21.3 Å². The number of amides is 1. The number of rotatable bonds is 8. The lowest BCUT2D eigenvalue weighted by Crippen LogP contribution is -2.42. The molecule has 0 aromatic carbocycles. The smallest absolute Gasteiger partial charge is 0.244 e. The molecular formula is C12H22N4O3. The summed E-state index contributed by atoms with van der Waals surface area (Å²) >= 11 is 0. The van der Waals surface area contributed by atoms with Crippen LogP contribution in [0.5, 0.6) is 0 Å². The number of carbonyl (C=O) groups excluding carboxylic acids is 1. The van der Waals surface area contributed by atoms with Crippen molar-refractivity contribution >= 4 is 5.91 Å². The molecule has 108 valence electrons. The third-order valence-electron chi connectivity index (χ3n) is 2.79. The molecule has 1 aromatic rings. The lowest BCUT2D eigenvalue weighted by Gasteiger charge is -2.24. The molecule has 0 radical (unpaired) electrons. The molecule has 1 unspecified atom stereocenters. The van der Waals surface area contributed by atoms with Gasteiger partial charge in [0.2, 0.25) is 5.91 Å². The quantitative estimate of drug-likeness (QED) is 0.691. The average Bonchev–Trinajstić information content (AvgIpc) is 2.84. The molecule has 1 atom stereocenters. The highest BCUT2D eigenvalue weighted by Crippen LogP contribution is 2.12. The van der Waals surface area contributed by atoms with E-state index < -0.39 is 6.04 Å². The lowest BCUT2D eigenvalue weighted by molar-refractivity contribution is -0.134. The van der Waals surface area contributed by atoms with Gasteiger partial charge in [-0.3, -0.25) is 9.48 Å². The predicted octanol–water partition coefficient (Wildman–Crippen LogP) is -0.459. The zero-order valence-corrected chi connectivity index (χ0v) is 11.7. The predicted molar refractivity (Wildman–Crippen MR) is 70.5 cm³/mol. The number of ether oxygens (including phenoxy) is 2. The molecule has 1 heterocycles. The van der Waals surface area contributed by atoms with E-state index in [1.807, 2.05) is 0 Å². The third-order valence-corrected chi connectivity index (χ3v) is 2.79. The summed E-state index contributed by atoms with van der Waals surface area (Å²) in [7, 11) is 4.98. The minimum absolute atomic E-state index is 0.151. The summed E-state index contributed by atoms with van der Waals surface area (Å²) in [6.07, 6.45) is 3.35. The van der Waals surface area contributed by atoms with Gasteiger partial charge in [-0.15, -0.1) is 0 Å². The van der Waals surface area contributed by atoms with Crippen molar-refractivity contribution in [3.8, 4) is 0 Å². The minimum Gasteiger partial charge on any atom is -0.383 e. The van der Waals surface area contributed by atoms with E-state index in [2.05, 4.69) is 5.10 Å². The molecule has 2 N–H and O–H groups in total. The van der Waals surface area contributed by atoms with Gasteiger partial charge in [0, 0.05) is 46.1 Å². The number of hydrogen-bond acceptors (Lipinski definition) is 5. The Hall–Kier alpha value is -1.44. The van der Waals surface area contributed by atoms with E-state index in [-0.39, 0.29) is 5.91 Å². The molecule has 0 aliphatic carbocycles. The number of nitrogens with two attached hydrogens (primary N) is 1. The van der Waals surface area contributed by atoms with Crippen LogP contribution in [-0.4, -0.2) is 61.1 Å². The summed E-state index contributed by atoms with van der Waals surface area (Å²) < 4.78 is 11.6. The molecule has 0 bridgehead atoms. The van der Waals surface area contributed by atoms with E-state index in [1.165, 1.54) is 0 Å². The van der Waals surface area contributed by atoms with Crippen molar-refractivity contribution in [2.75, 3.05) is 40.5 Å². The van der Waals surface area contributed by atoms with E-state index in [1.54, 1.807) is 43.2 Å². The van der Waals surface area contributed by atoms with Gasteiger partial charge in [-0.05, 0) is 0 Å². The van der Waals surface area contributed by atoms with Gasteiger partial charge in [0.1, 0.15) is 6.04 Å². The van der Waals surface area contributed by atoms with Crippen molar-refractivity contribution in [2.45, 2.75) is 6.04 Å². The molecule has 0 saturated carbocycles. The summed E-state index contributed by atoms with van der Waals surface area (Å²) in [4.78, 5) is 14.0. The van der Waals surface area contributed by atoms with Crippen molar-refractivity contribution < 1.29 is 14.3 Å². The fraction of sp³-hybridized carbons (Fsp3) is 0.667. The Balaban J connectivity index is 2.68. The maximum atomic E-state index is 12.3. The standard InChI is InChI=1S/C12H22N4O3/c1-15-9-10(8-14-15)11(13)12(17)16(4-6-18-2)5-7-19-3/h8-9,11H,4-7,13H2,1-3H3. The highest BCUT2D eigenvalue weighted by molar-refractivity contribution is 5.82. The van der Waals surface area contributed by atoms with Crippen molar-refractivity contribution in [3.63, 3.8) is 0 Å². The van der Waals surface area contributed by atoms with Gasteiger partial charge >= 0.3 is 0 Å². The summed E-state index contributed by atoms with van der Waals surface area (Å²) in [5, 5.41) is 4.02. The SMILES string of the molecule is COCCN(CCOC)C(=O)C(N)c1cnn(C)c1. The van der Waals surface area contributed by atoms with Crippen LogP contribution in [0.25, 0.3) is 0 Å². The largest absolute Gasteiger partial charge is 0.383 e. The average molecular weight is 270 g/mol. The summed E-state index contributed by atoms with van der Waals surface area (Å²) in [5.41, 5.74) is 6.67. The first kappa shape index (κ1) is 15.6. The number of nitrogens with zero attached hydrogens (tertiary/aromatic N) is 3. The normalized spacial score (nSPS) is 12.4. The van der Waals surface area contributed by atoms with Gasteiger partial charge < -0.3 is 20.1 Å². The summed E-state index contributed by atoms with van der Waals surface area (Å²) in [5.74, 6) is -0.151. The number of aryl methyl sites for hydroxylation is 1. The molecule has 19 heavy (non-hydrogen) atoms. The lowest BCUT2D eigenvalue weighted by atomic mass is 10.1. The Morgan fingerprint density at radius 3 is 2.42 bits per heavy atom. The van der Waals surface area contributed by atoms with Crippen molar-refractivity contribution in [1.29, 1.82) is 0 Å². The first-order chi connectivity index (χ1) is 9.10. The first-order valence-corrected chi connectivity index (χ1v) is 6.11. The Morgan fingerprint density at radius 2 is 2.00 bits per heavy atom. The van der Waals surface area contributed by atoms with Crippen molar-refractivity contribution in [1.82, 2.24) is 14.7 Å². The highest BCUT2D eigenvalue weighted by atomic mass is 16.5. The topological polar surface area (TPSA) is 82.6 Å². The second kappa shape index (κ2) is 7.88. The number of methoxy groups -OCH3 is 2. The molecule has 1 aromatic heterocycles. The molecule has 7 nitrogen and oxygen atoms in total. The van der Waals surface area contributed by atoms with Crippen LogP contribution in [0.4, 0.5) is 0 Å². The van der Waals surface area contributed by atoms with Gasteiger partial charge in [0.05, 0.1) is 19.4 Å². The molecule has 0 aliphatic heterocycles. The first-order valence-electron chi connectivity index (χ1n) is 6.11. The van der Waals surface area contributed by atoms with Gasteiger partial charge in [-0.25, -0.2) is 0 Å². The maximum absolute atomic E-state index is 12.3. The molecule has 7 heteroatoms. The monoisotopic (exact) mass is 270 g/mol. The molecule has 1 rings (SSSR count). The molecule has 0 saturated heterocycles. The van der Waals surface area contributed by atoms with Gasteiger partial charge in [0.15, 0.2) is 0 Å². The second-order valence-electron chi connectivity index (χ2n) is 4.24. The molecular weight excluding hydrogens is 248 g/mol. The molecule has 0 fully saturated rings. The van der Waals surface area contributed by atoms with Crippen LogP contribution in [0.1, 0.15) is 11.6 Å². The van der Waals surface area contributed by atoms with E-state index in [4.69, 9.17) is 15.2 Å². The molecule has 1 amide bonds. The fourth-order valence-corrected chi connectivity index (χ4v) is 1.68. The fourth-order valence-electron chi connectivity index (χ4n) is 1.68. The number of hydrogen-bond donors (Lipinski definition) is 1. The van der Waals surface area contributed by atoms with Crippen LogP contribution in [0.2, 0.25) is 0 Å². The number of carbonyl (C=O) groups is 1. The summed E-state index contributed by atoms with van der Waals surface area (Å²) in [6, 6.07) is -0.706. The van der Waals surface area contributed by atoms with Crippen LogP contribution in [0.15, 0.2) is 12.4 Å². The second-order valence-corrected chi connectivity index (χ2v) is 4.24. The Labute approximate surface area is 113 Å². The van der Waals surface area contributed by atoms with E-state index >= 15 is 0 Å². The van der Waals surface area contributed by atoms with Crippen molar-refractivity contribution in [2.24, 2.45) is 12.8 Å². The van der Waals surface area contributed by atoms with Crippen LogP contribution < -0.4 is 5.73 Å². The molecule has 0 aliphatic rings. The van der Waals surface area contributed by atoms with E-state index in [0.29, 0.717) is 31.9 Å².